The van der Waals surface area contributed by atoms with E-state index in [4.69, 9.17) is 34.6 Å². The molecule has 2 saturated heterocycles. The third-order valence-corrected chi connectivity index (χ3v) is 11.5. The maximum Gasteiger partial charge on any atom is 0.330 e. The lowest BCUT2D eigenvalue weighted by Crippen LogP contribution is -2.36. The Labute approximate surface area is 367 Å². The normalized spacial score (nSPS) is 20.9. The van der Waals surface area contributed by atoms with Gasteiger partial charge in [0.05, 0.1) is 26.1 Å². The molecule has 2 aromatic heterocycles. The zero-order valence-corrected chi connectivity index (χ0v) is 38.6. The van der Waals surface area contributed by atoms with Gasteiger partial charge in [0.15, 0.2) is 0 Å². The number of Topliss-reactive ketones (excluding diaryl/α,β-unsaturated/α-hetero) is 2. The number of aromatic amines is 2. The topological polar surface area (TPSA) is 261 Å². The standard InChI is InChI=1S/C24H37N4O8P.C15H20N2O7.C2H6/c1-15(2)28(16(3)4)37(33-11-10-25-7)34-14-20-19(36-22(30)9-8-18(6)29)12-21(35-20)27-13-17(5)23(31)26-24(27)32;1-8-6-17(15(22)16-14(8)21)12-5-10(11(7-18)23-12)24-13(20)4-3-9(2)19;1-2/h13,15-16,19-21H,8-12,14H2,1-6H3,(H,26,31,32);6,10-12,18H,3-5,7H2,1-2H3,(H,16,21,22);1-2H3/t19?,20-,21-,37?;10?,11-,12-;/m11./s1. The lowest BCUT2D eigenvalue weighted by molar-refractivity contribution is -0.154. The molecule has 2 aliphatic rings. The van der Waals surface area contributed by atoms with E-state index in [9.17, 15) is 43.5 Å². The minimum atomic E-state index is -1.56. The van der Waals surface area contributed by atoms with Crippen LogP contribution in [0.25, 0.3) is 4.85 Å². The number of nitrogens with zero attached hydrogens (tertiary/aromatic N) is 4. The Morgan fingerprint density at radius 1 is 0.794 bits per heavy atom. The van der Waals surface area contributed by atoms with Crippen LogP contribution in [0.1, 0.15) is 117 Å². The summed E-state index contributed by atoms with van der Waals surface area (Å²) in [5.41, 5.74) is -1.59. The Kier molecular flexibility index (Phi) is 23.2. The van der Waals surface area contributed by atoms with Gasteiger partial charge in [0.2, 0.25) is 6.54 Å². The maximum absolute atomic E-state index is 12.4. The fraction of sp³-hybridized carbons (Fsp3) is 0.683. The summed E-state index contributed by atoms with van der Waals surface area (Å²) >= 11 is 0. The molecule has 3 N–H and O–H groups in total. The number of aryl methyl sites for hydroxylation is 2. The van der Waals surface area contributed by atoms with Crippen LogP contribution >= 0.6 is 8.53 Å². The van der Waals surface area contributed by atoms with Crippen molar-refractivity contribution < 1.29 is 52.3 Å². The van der Waals surface area contributed by atoms with Gasteiger partial charge < -0.3 is 47.5 Å². The lowest BCUT2D eigenvalue weighted by atomic mass is 10.1. The molecule has 0 radical (unpaired) electrons. The zero-order valence-electron chi connectivity index (χ0n) is 37.7. The fourth-order valence-electron chi connectivity index (χ4n) is 6.36. The Morgan fingerprint density at radius 2 is 1.22 bits per heavy atom. The molecule has 0 aliphatic carbocycles. The summed E-state index contributed by atoms with van der Waals surface area (Å²) in [5.74, 6) is -1.37. The van der Waals surface area contributed by atoms with Gasteiger partial charge >= 0.3 is 23.3 Å². The monoisotopic (exact) mass is 910 g/mol. The molecule has 21 nitrogen and oxygen atoms in total. The molecule has 2 fully saturated rings. The summed E-state index contributed by atoms with van der Waals surface area (Å²) < 4.78 is 39.2. The number of ketones is 2. The largest absolute Gasteiger partial charge is 0.459 e. The smallest absolute Gasteiger partial charge is 0.330 e. The molecular weight excluding hydrogens is 847 g/mol. The first-order valence-electron chi connectivity index (χ1n) is 20.9. The van der Waals surface area contributed by atoms with Crippen LogP contribution in [0.2, 0.25) is 0 Å². The van der Waals surface area contributed by atoms with Crippen LogP contribution in [0.15, 0.2) is 31.6 Å². The number of H-pyrrole nitrogens is 2. The van der Waals surface area contributed by atoms with E-state index < -0.39 is 86.4 Å². The maximum atomic E-state index is 12.4. The average molecular weight is 911 g/mol. The molecule has 22 heteroatoms. The highest BCUT2D eigenvalue weighted by Gasteiger charge is 2.42. The number of nitrogens with one attached hydrogen (secondary N) is 2. The van der Waals surface area contributed by atoms with E-state index in [1.165, 1.54) is 35.4 Å². The predicted octanol–water partition coefficient (Wildman–Crippen LogP) is 3.14. The van der Waals surface area contributed by atoms with Crippen molar-refractivity contribution in [2.24, 2.45) is 0 Å². The number of hydrogen-bond acceptors (Lipinski definition) is 16. The predicted molar refractivity (Wildman–Crippen MR) is 230 cm³/mol. The van der Waals surface area contributed by atoms with Crippen molar-refractivity contribution in [3.63, 3.8) is 0 Å². The van der Waals surface area contributed by atoms with Gasteiger partial charge in [-0.1, -0.05) is 13.8 Å². The van der Waals surface area contributed by atoms with E-state index in [0.29, 0.717) is 11.1 Å². The fourth-order valence-corrected chi connectivity index (χ4v) is 7.97. The SMILES string of the molecule is CC.CC(=O)CCC(=O)OC1C[C@H](n2cc(C)c(=O)[nH]c2=O)O[C@@H]1CO.[C-]#[N+]CCOP(OC[C@H]1O[C@@H](n2cc(C)c(=O)[nH]c2=O)CC1OC(=O)CCC(C)=O)N(C(C)C)C(C)C. The van der Waals surface area contributed by atoms with E-state index >= 15 is 0 Å². The number of hydrogen-bond donors (Lipinski definition) is 3. The van der Waals surface area contributed by atoms with Crippen molar-refractivity contribution in [1.29, 1.82) is 0 Å². The third-order valence-electron chi connectivity index (χ3n) is 9.38. The van der Waals surface area contributed by atoms with E-state index in [-0.39, 0.29) is 81.9 Å². The number of ether oxygens (including phenoxy) is 4. The molecule has 2 aromatic rings. The van der Waals surface area contributed by atoms with E-state index in [1.54, 1.807) is 13.8 Å². The van der Waals surface area contributed by atoms with Gasteiger partial charge in [-0.2, -0.15) is 0 Å². The molecule has 352 valence electrons. The zero-order chi connectivity index (χ0) is 47.6. The molecule has 0 saturated carbocycles. The van der Waals surface area contributed by atoms with Gasteiger partial charge in [0, 0.05) is 61.3 Å². The molecule has 0 bridgehead atoms. The molecule has 3 unspecified atom stereocenters. The van der Waals surface area contributed by atoms with Crippen LogP contribution in [-0.4, -0.2) is 115 Å². The van der Waals surface area contributed by atoms with Crippen LogP contribution in [0.4, 0.5) is 0 Å². The number of carbonyl (C=O) groups is 4. The van der Waals surface area contributed by atoms with Gasteiger partial charge in [-0.25, -0.2) is 20.8 Å². The molecule has 4 heterocycles. The van der Waals surface area contributed by atoms with E-state index in [2.05, 4.69) is 19.5 Å². The van der Waals surface area contributed by atoms with Crippen LogP contribution < -0.4 is 22.5 Å². The minimum absolute atomic E-state index is 0.00208. The minimum Gasteiger partial charge on any atom is -0.459 e. The first-order chi connectivity index (χ1) is 29.7. The molecule has 0 aromatic carbocycles. The van der Waals surface area contributed by atoms with E-state index in [0.717, 1.165) is 0 Å². The summed E-state index contributed by atoms with van der Waals surface area (Å²) in [6.45, 7) is 25.0. The van der Waals surface area contributed by atoms with Crippen LogP contribution in [-0.2, 0) is 47.2 Å². The van der Waals surface area contributed by atoms with E-state index in [1.807, 2.05) is 41.5 Å². The van der Waals surface area contributed by atoms with Crippen molar-refractivity contribution in [3.05, 3.63) is 76.6 Å². The summed E-state index contributed by atoms with van der Waals surface area (Å²) in [5, 5.41) is 9.38. The van der Waals surface area contributed by atoms with Crippen molar-refractivity contribution in [2.75, 3.05) is 26.4 Å². The highest BCUT2D eigenvalue weighted by molar-refractivity contribution is 7.44. The van der Waals surface area contributed by atoms with Gasteiger partial charge in [-0.3, -0.25) is 38.3 Å². The highest BCUT2D eigenvalue weighted by atomic mass is 31.2. The Hall–Kier alpha value is -4.68. The quantitative estimate of drug-likeness (QED) is 0.0746. The number of rotatable bonds is 20. The Bertz CT molecular complexity index is 2100. The second-order valence-electron chi connectivity index (χ2n) is 15.1. The molecule has 63 heavy (non-hydrogen) atoms. The van der Waals surface area contributed by atoms with Crippen molar-refractivity contribution in [1.82, 2.24) is 23.8 Å². The highest BCUT2D eigenvalue weighted by Crippen LogP contribution is 2.47. The van der Waals surface area contributed by atoms with Crippen molar-refractivity contribution >= 4 is 32.0 Å². The summed E-state index contributed by atoms with van der Waals surface area (Å²) in [6.07, 6.45) is -1.48. The van der Waals surface area contributed by atoms with Crippen molar-refractivity contribution in [3.8, 4) is 0 Å². The molecule has 0 spiro atoms. The second kappa shape index (κ2) is 26.8. The van der Waals surface area contributed by atoms with Gasteiger partial charge in [0.25, 0.3) is 19.6 Å². The molecular formula is C41H63N6O15P. The van der Waals surface area contributed by atoms with Crippen molar-refractivity contribution in [2.45, 2.75) is 157 Å². The summed E-state index contributed by atoms with van der Waals surface area (Å²) in [6, 6.07) is 0.193. The average Bonchev–Trinajstić information content (AvgIpc) is 3.81. The number of aliphatic hydroxyl groups is 1. The van der Waals surface area contributed by atoms with Crippen LogP contribution in [0.3, 0.4) is 0 Å². The van der Waals surface area contributed by atoms with Crippen LogP contribution in [0, 0.1) is 20.4 Å². The number of aromatic nitrogens is 4. The molecule has 7 atom stereocenters. The number of aliphatic hydroxyl groups excluding tert-OH is 1. The van der Waals surface area contributed by atoms with Crippen LogP contribution in [0.5, 0.6) is 0 Å². The molecule has 4 rings (SSSR count). The summed E-state index contributed by atoms with van der Waals surface area (Å²) in [7, 11) is -1.56. The lowest BCUT2D eigenvalue weighted by Gasteiger charge is -2.36. The van der Waals surface area contributed by atoms with Gasteiger partial charge in [-0.15, -0.1) is 0 Å². The molecule has 2 aliphatic heterocycles. The van der Waals surface area contributed by atoms with Gasteiger partial charge in [0.1, 0.15) is 55.0 Å². The Balaban J connectivity index is 0.000000452. The number of esters is 2. The first-order valence-corrected chi connectivity index (χ1v) is 22.0. The second-order valence-corrected chi connectivity index (χ2v) is 16.6. The Morgan fingerprint density at radius 3 is 1.62 bits per heavy atom. The number of carbonyl (C=O) groups excluding carboxylic acids is 4. The van der Waals surface area contributed by atoms with Gasteiger partial charge in [-0.05, 0) is 55.4 Å². The first kappa shape index (κ1) is 54.5. The third kappa shape index (κ3) is 17.1. The molecule has 0 amide bonds. The summed E-state index contributed by atoms with van der Waals surface area (Å²) in [4.78, 5) is 102.